The monoisotopic (exact) mass is 172 g/mol. The van der Waals surface area contributed by atoms with E-state index in [9.17, 15) is 14.7 Å². The van der Waals surface area contributed by atoms with Gasteiger partial charge in [0.15, 0.2) is 0 Å². The van der Waals surface area contributed by atoms with Crippen LogP contribution in [0.1, 0.15) is 12.8 Å². The molecule has 0 aromatic rings. The average molecular weight is 172 g/mol. The lowest BCUT2D eigenvalue weighted by atomic mass is 9.91. The van der Waals surface area contributed by atoms with E-state index in [1.54, 1.807) is 0 Å². The van der Waals surface area contributed by atoms with Crippen LogP contribution in [0.25, 0.3) is 0 Å². The van der Waals surface area contributed by atoms with Gasteiger partial charge in [-0.15, -0.1) is 0 Å². The molecule has 1 fully saturated rings. The molecule has 5 nitrogen and oxygen atoms in total. The molecule has 0 aromatic carbocycles. The fourth-order valence-electron chi connectivity index (χ4n) is 1.27. The maximum Gasteiger partial charge on any atom is 0.226 e. The van der Waals surface area contributed by atoms with Crippen LogP contribution in [0.5, 0.6) is 0 Å². The van der Waals surface area contributed by atoms with E-state index in [-0.39, 0.29) is 37.1 Å². The molecule has 0 saturated carbocycles. The Kier molecular flexibility index (Phi) is 2.78. The minimum Gasteiger partial charge on any atom is -0.391 e. The lowest BCUT2D eigenvalue weighted by Crippen LogP contribution is -2.44. The van der Waals surface area contributed by atoms with Crippen LogP contribution >= 0.6 is 0 Å². The Hall–Kier alpha value is -0.940. The number of imide groups is 1. The molecule has 68 valence electrons. The molecule has 1 unspecified atom stereocenters. The van der Waals surface area contributed by atoms with E-state index in [1.807, 2.05) is 0 Å². The van der Waals surface area contributed by atoms with Crippen molar-refractivity contribution < 1.29 is 14.7 Å². The van der Waals surface area contributed by atoms with Crippen molar-refractivity contribution in [3.63, 3.8) is 0 Å². The van der Waals surface area contributed by atoms with E-state index in [0.717, 1.165) is 0 Å². The van der Waals surface area contributed by atoms with E-state index >= 15 is 0 Å². The van der Waals surface area contributed by atoms with E-state index in [0.29, 0.717) is 0 Å². The minimum absolute atomic E-state index is 0.0885. The molecule has 0 radical (unpaired) electrons. The zero-order valence-corrected chi connectivity index (χ0v) is 6.62. The summed E-state index contributed by atoms with van der Waals surface area (Å²) in [6, 6.07) is 0. The van der Waals surface area contributed by atoms with Crippen molar-refractivity contribution in [2.24, 2.45) is 11.7 Å². The van der Waals surface area contributed by atoms with Crippen molar-refractivity contribution >= 4 is 11.8 Å². The molecule has 2 amide bonds. The molecular weight excluding hydrogens is 160 g/mol. The van der Waals surface area contributed by atoms with E-state index in [2.05, 4.69) is 5.32 Å². The second kappa shape index (κ2) is 3.64. The van der Waals surface area contributed by atoms with Crippen molar-refractivity contribution in [3.8, 4) is 0 Å². The third-order valence-electron chi connectivity index (χ3n) is 1.96. The first-order valence-corrected chi connectivity index (χ1v) is 3.84. The Balaban J connectivity index is 2.55. The number of aliphatic hydroxyl groups excluding tert-OH is 1. The summed E-state index contributed by atoms with van der Waals surface area (Å²) >= 11 is 0. The normalized spacial score (nSPS) is 22.2. The van der Waals surface area contributed by atoms with Crippen LogP contribution in [0, 0.1) is 5.92 Å². The first-order chi connectivity index (χ1) is 5.63. The lowest BCUT2D eigenvalue weighted by molar-refractivity contribution is -0.136. The number of aliphatic hydroxyl groups is 1. The quantitative estimate of drug-likeness (QED) is 0.435. The zero-order chi connectivity index (χ0) is 9.14. The van der Waals surface area contributed by atoms with Crippen LogP contribution in [0.4, 0.5) is 0 Å². The summed E-state index contributed by atoms with van der Waals surface area (Å²) in [4.78, 5) is 21.6. The first-order valence-electron chi connectivity index (χ1n) is 3.84. The molecule has 0 bridgehead atoms. The third-order valence-corrected chi connectivity index (χ3v) is 1.96. The molecule has 5 heteroatoms. The van der Waals surface area contributed by atoms with Gasteiger partial charge in [0.05, 0.1) is 6.10 Å². The number of rotatable bonds is 2. The van der Waals surface area contributed by atoms with Crippen molar-refractivity contribution in [2.45, 2.75) is 18.9 Å². The van der Waals surface area contributed by atoms with Gasteiger partial charge < -0.3 is 10.8 Å². The van der Waals surface area contributed by atoms with Gasteiger partial charge in [0, 0.05) is 25.3 Å². The van der Waals surface area contributed by atoms with Crippen LogP contribution in [0.15, 0.2) is 0 Å². The molecule has 4 N–H and O–H groups in total. The summed E-state index contributed by atoms with van der Waals surface area (Å²) in [5.41, 5.74) is 5.20. The molecule has 1 heterocycles. The van der Waals surface area contributed by atoms with Crippen molar-refractivity contribution in [3.05, 3.63) is 0 Å². The summed E-state index contributed by atoms with van der Waals surface area (Å²) in [5.74, 6) is -0.969. The van der Waals surface area contributed by atoms with Crippen molar-refractivity contribution in [1.82, 2.24) is 5.32 Å². The molecule has 1 aliphatic rings. The van der Waals surface area contributed by atoms with Gasteiger partial charge in [-0.05, 0) is 0 Å². The van der Waals surface area contributed by atoms with Crippen LogP contribution < -0.4 is 11.1 Å². The standard InChI is InChI=1S/C7H12N2O3/c8-3-5(10)4-1-6(11)9-7(12)2-4/h4-5,10H,1-3,8H2,(H,9,11,12). The first kappa shape index (κ1) is 9.15. The Morgan fingerprint density at radius 1 is 1.50 bits per heavy atom. The van der Waals surface area contributed by atoms with Gasteiger partial charge in [0.1, 0.15) is 0 Å². The lowest BCUT2D eigenvalue weighted by Gasteiger charge is -2.24. The summed E-state index contributed by atoms with van der Waals surface area (Å²) in [7, 11) is 0. The number of nitrogens with two attached hydrogens (primary N) is 1. The molecule has 0 spiro atoms. The van der Waals surface area contributed by atoms with Crippen LogP contribution in [-0.4, -0.2) is 29.6 Å². The molecular formula is C7H12N2O3. The van der Waals surface area contributed by atoms with Gasteiger partial charge in [0.25, 0.3) is 0 Å². The maximum absolute atomic E-state index is 10.8. The van der Waals surface area contributed by atoms with E-state index in [4.69, 9.17) is 5.73 Å². The summed E-state index contributed by atoms with van der Waals surface area (Å²) in [5, 5.41) is 11.4. The summed E-state index contributed by atoms with van der Waals surface area (Å²) in [6.45, 7) is 0.0885. The number of nitrogens with one attached hydrogen (secondary N) is 1. The highest BCUT2D eigenvalue weighted by Crippen LogP contribution is 2.16. The van der Waals surface area contributed by atoms with E-state index in [1.165, 1.54) is 0 Å². The molecule has 0 aromatic heterocycles. The zero-order valence-electron chi connectivity index (χ0n) is 6.62. The van der Waals surface area contributed by atoms with Crippen LogP contribution in [0.2, 0.25) is 0 Å². The number of piperidine rings is 1. The van der Waals surface area contributed by atoms with Gasteiger partial charge in [0.2, 0.25) is 11.8 Å². The molecule has 1 aliphatic heterocycles. The fourth-order valence-corrected chi connectivity index (χ4v) is 1.27. The molecule has 0 aliphatic carbocycles. The Labute approximate surface area is 69.9 Å². The van der Waals surface area contributed by atoms with Gasteiger partial charge in [-0.2, -0.15) is 0 Å². The SMILES string of the molecule is NCC(O)C1CC(=O)NC(=O)C1. The number of hydrogen-bond acceptors (Lipinski definition) is 4. The predicted molar refractivity (Wildman–Crippen MR) is 40.9 cm³/mol. The average Bonchev–Trinajstić information content (AvgIpc) is 2.01. The highest BCUT2D eigenvalue weighted by Gasteiger charge is 2.29. The van der Waals surface area contributed by atoms with Crippen molar-refractivity contribution in [2.75, 3.05) is 6.54 Å². The maximum atomic E-state index is 10.8. The number of amides is 2. The fraction of sp³-hybridized carbons (Fsp3) is 0.714. The largest absolute Gasteiger partial charge is 0.391 e. The van der Waals surface area contributed by atoms with Gasteiger partial charge >= 0.3 is 0 Å². The van der Waals surface area contributed by atoms with Crippen LogP contribution in [0.3, 0.4) is 0 Å². The number of hydrogen-bond donors (Lipinski definition) is 3. The second-order valence-electron chi connectivity index (χ2n) is 2.94. The summed E-state index contributed by atoms with van der Waals surface area (Å²) in [6.07, 6.45) is -0.381. The second-order valence-corrected chi connectivity index (χ2v) is 2.94. The third kappa shape index (κ3) is 2.02. The highest BCUT2D eigenvalue weighted by atomic mass is 16.3. The Morgan fingerprint density at radius 2 is 2.00 bits per heavy atom. The molecule has 1 saturated heterocycles. The Morgan fingerprint density at radius 3 is 2.42 bits per heavy atom. The van der Waals surface area contributed by atoms with Gasteiger partial charge in [-0.3, -0.25) is 14.9 Å². The minimum atomic E-state index is -0.750. The Bertz CT molecular complexity index is 189. The number of carbonyl (C=O) groups is 2. The van der Waals surface area contributed by atoms with Gasteiger partial charge in [-0.1, -0.05) is 0 Å². The van der Waals surface area contributed by atoms with Gasteiger partial charge in [-0.25, -0.2) is 0 Å². The predicted octanol–water partition coefficient (Wildman–Crippen LogP) is -1.64. The van der Waals surface area contributed by atoms with E-state index < -0.39 is 6.10 Å². The van der Waals surface area contributed by atoms with Crippen LogP contribution in [-0.2, 0) is 9.59 Å². The smallest absolute Gasteiger partial charge is 0.226 e. The highest BCUT2D eigenvalue weighted by molar-refractivity contribution is 5.97. The molecule has 12 heavy (non-hydrogen) atoms. The number of carbonyl (C=O) groups excluding carboxylic acids is 2. The van der Waals surface area contributed by atoms with Crippen molar-refractivity contribution in [1.29, 1.82) is 0 Å². The molecule has 1 atom stereocenters. The summed E-state index contributed by atoms with van der Waals surface area (Å²) < 4.78 is 0. The topological polar surface area (TPSA) is 92.4 Å². The molecule has 1 rings (SSSR count).